The van der Waals surface area contributed by atoms with Crippen LogP contribution in [0.5, 0.6) is 0 Å². The first kappa shape index (κ1) is 15.3. The smallest absolute Gasteiger partial charge is 0.152 e. The first-order valence-corrected chi connectivity index (χ1v) is 8.47. The third-order valence-electron chi connectivity index (χ3n) is 4.99. The van der Waals surface area contributed by atoms with Crippen LogP contribution in [-0.2, 0) is 0 Å². The number of hydrogen-bond donors (Lipinski definition) is 2. The molecule has 5 nitrogen and oxygen atoms in total. The van der Waals surface area contributed by atoms with Crippen LogP contribution >= 0.6 is 11.6 Å². The lowest BCUT2D eigenvalue weighted by Crippen LogP contribution is -2.51. The average Bonchev–Trinajstić information content (AvgIpc) is 3.11. The lowest BCUT2D eigenvalue weighted by Gasteiger charge is -2.41. The van der Waals surface area contributed by atoms with Crippen molar-refractivity contribution in [3.63, 3.8) is 0 Å². The van der Waals surface area contributed by atoms with Crippen LogP contribution in [0, 0.1) is 6.92 Å². The van der Waals surface area contributed by atoms with Crippen LogP contribution in [0.25, 0.3) is 0 Å². The summed E-state index contributed by atoms with van der Waals surface area (Å²) in [5.41, 5.74) is 6.99. The zero-order chi connectivity index (χ0) is 14.8. The van der Waals surface area contributed by atoms with Gasteiger partial charge in [0, 0.05) is 38.8 Å². The van der Waals surface area contributed by atoms with Gasteiger partial charge in [-0.3, -0.25) is 9.80 Å². The summed E-state index contributed by atoms with van der Waals surface area (Å²) >= 11 is 6.24. The number of aromatic nitrogens is 2. The lowest BCUT2D eigenvalue weighted by molar-refractivity contribution is 0.0712. The van der Waals surface area contributed by atoms with Gasteiger partial charge in [0.25, 0.3) is 0 Å². The highest BCUT2D eigenvalue weighted by atomic mass is 35.5. The molecule has 3 rings (SSSR count). The van der Waals surface area contributed by atoms with E-state index in [1.54, 1.807) is 0 Å². The molecule has 1 aromatic heterocycles. The van der Waals surface area contributed by atoms with Crippen molar-refractivity contribution in [2.24, 2.45) is 5.73 Å². The number of aryl methyl sites for hydroxylation is 1. The molecule has 1 atom stereocenters. The predicted molar refractivity (Wildman–Crippen MR) is 85.5 cm³/mol. The molecule has 0 radical (unpaired) electrons. The van der Waals surface area contributed by atoms with Gasteiger partial charge in [-0.15, -0.1) is 0 Å². The highest BCUT2D eigenvalue weighted by molar-refractivity contribution is 6.30. The second kappa shape index (κ2) is 6.65. The van der Waals surface area contributed by atoms with Gasteiger partial charge < -0.3 is 10.7 Å². The number of nitrogens with zero attached hydrogens (tertiary/aromatic N) is 3. The minimum atomic E-state index is 0.157. The van der Waals surface area contributed by atoms with Crippen LogP contribution in [0.3, 0.4) is 0 Å². The predicted octanol–water partition coefficient (Wildman–Crippen LogP) is 1.93. The molecule has 2 fully saturated rings. The number of aromatic amines is 1. The SMILES string of the molecule is Cc1nc(Cl)c(C(CN)N2CCN(C3CCCC3)CC2)[nH]1. The lowest BCUT2D eigenvalue weighted by atomic mass is 10.1. The molecule has 1 aliphatic carbocycles. The van der Waals surface area contributed by atoms with Crippen molar-refractivity contribution in [3.8, 4) is 0 Å². The van der Waals surface area contributed by atoms with E-state index in [1.165, 1.54) is 25.7 Å². The molecular formula is C15H26ClN5. The summed E-state index contributed by atoms with van der Waals surface area (Å²) in [5, 5.41) is 0.571. The molecule has 1 aromatic rings. The van der Waals surface area contributed by atoms with Gasteiger partial charge in [-0.25, -0.2) is 4.98 Å². The first-order chi connectivity index (χ1) is 10.2. The van der Waals surface area contributed by atoms with E-state index in [-0.39, 0.29) is 6.04 Å². The molecule has 0 bridgehead atoms. The van der Waals surface area contributed by atoms with Crippen LogP contribution in [-0.4, -0.2) is 58.5 Å². The monoisotopic (exact) mass is 311 g/mol. The molecule has 1 saturated heterocycles. The van der Waals surface area contributed by atoms with Gasteiger partial charge in [0.1, 0.15) is 5.82 Å². The van der Waals surface area contributed by atoms with E-state index in [0.717, 1.165) is 43.7 Å². The summed E-state index contributed by atoms with van der Waals surface area (Å²) in [4.78, 5) is 12.7. The molecule has 0 amide bonds. The zero-order valence-corrected chi connectivity index (χ0v) is 13.6. The van der Waals surface area contributed by atoms with Crippen molar-refractivity contribution in [2.45, 2.75) is 44.7 Å². The van der Waals surface area contributed by atoms with Crippen molar-refractivity contribution >= 4 is 11.6 Å². The Morgan fingerprint density at radius 2 is 1.95 bits per heavy atom. The van der Waals surface area contributed by atoms with Gasteiger partial charge in [0.05, 0.1) is 11.7 Å². The Morgan fingerprint density at radius 1 is 1.29 bits per heavy atom. The highest BCUT2D eigenvalue weighted by Gasteiger charge is 2.30. The minimum absolute atomic E-state index is 0.157. The molecule has 3 N–H and O–H groups in total. The van der Waals surface area contributed by atoms with Crippen LogP contribution < -0.4 is 5.73 Å². The molecule has 1 saturated carbocycles. The fourth-order valence-corrected chi connectivity index (χ4v) is 4.14. The van der Waals surface area contributed by atoms with Gasteiger partial charge >= 0.3 is 0 Å². The summed E-state index contributed by atoms with van der Waals surface area (Å²) in [6, 6.07) is 0.978. The molecule has 2 heterocycles. The number of H-pyrrole nitrogens is 1. The van der Waals surface area contributed by atoms with Crippen molar-refractivity contribution in [1.82, 2.24) is 19.8 Å². The number of halogens is 1. The van der Waals surface area contributed by atoms with Gasteiger partial charge in [-0.05, 0) is 19.8 Å². The maximum absolute atomic E-state index is 6.24. The minimum Gasteiger partial charge on any atom is -0.343 e. The third kappa shape index (κ3) is 3.26. The quantitative estimate of drug-likeness (QED) is 0.892. The topological polar surface area (TPSA) is 61.2 Å². The molecule has 1 aliphatic heterocycles. The molecule has 2 aliphatic rings. The summed E-state index contributed by atoms with van der Waals surface area (Å²) in [6.07, 6.45) is 5.57. The van der Waals surface area contributed by atoms with Gasteiger partial charge in [0.2, 0.25) is 0 Å². The van der Waals surface area contributed by atoms with E-state index in [4.69, 9.17) is 17.3 Å². The summed E-state index contributed by atoms with van der Waals surface area (Å²) in [5.74, 6) is 0.859. The number of nitrogens with one attached hydrogen (secondary N) is 1. The number of rotatable bonds is 4. The van der Waals surface area contributed by atoms with Crippen LogP contribution in [0.4, 0.5) is 0 Å². The van der Waals surface area contributed by atoms with E-state index in [9.17, 15) is 0 Å². The largest absolute Gasteiger partial charge is 0.343 e. The van der Waals surface area contributed by atoms with Gasteiger partial charge in [-0.2, -0.15) is 0 Å². The fourth-order valence-electron chi connectivity index (χ4n) is 3.84. The Morgan fingerprint density at radius 3 is 2.48 bits per heavy atom. The molecule has 0 spiro atoms. The van der Waals surface area contributed by atoms with E-state index < -0.39 is 0 Å². The van der Waals surface area contributed by atoms with Gasteiger partial charge in [-0.1, -0.05) is 24.4 Å². The Bertz CT molecular complexity index is 461. The van der Waals surface area contributed by atoms with Crippen LogP contribution in [0.1, 0.15) is 43.2 Å². The summed E-state index contributed by atoms with van der Waals surface area (Å²) in [7, 11) is 0. The maximum atomic E-state index is 6.24. The summed E-state index contributed by atoms with van der Waals surface area (Å²) in [6.45, 7) is 6.92. The van der Waals surface area contributed by atoms with Crippen LogP contribution in [0.2, 0.25) is 5.15 Å². The van der Waals surface area contributed by atoms with E-state index in [1.807, 2.05) is 6.92 Å². The Hall–Kier alpha value is -0.620. The van der Waals surface area contributed by atoms with Crippen molar-refractivity contribution in [2.75, 3.05) is 32.7 Å². The first-order valence-electron chi connectivity index (χ1n) is 8.09. The van der Waals surface area contributed by atoms with Crippen molar-refractivity contribution in [1.29, 1.82) is 0 Å². The second-order valence-corrected chi connectivity index (χ2v) is 6.65. The van der Waals surface area contributed by atoms with Crippen LogP contribution in [0.15, 0.2) is 0 Å². The van der Waals surface area contributed by atoms with E-state index in [2.05, 4.69) is 19.8 Å². The average molecular weight is 312 g/mol. The standard InChI is InChI=1S/C15H26ClN5/c1-11-18-14(15(16)19-11)13(10-17)21-8-6-20(7-9-21)12-4-2-3-5-12/h12-13H,2-10,17H2,1H3,(H,18,19). The van der Waals surface area contributed by atoms with Gasteiger partial charge in [0.15, 0.2) is 5.15 Å². The molecule has 0 aromatic carbocycles. The molecule has 21 heavy (non-hydrogen) atoms. The Kier molecular flexibility index (Phi) is 4.84. The number of piperazine rings is 1. The maximum Gasteiger partial charge on any atom is 0.152 e. The van der Waals surface area contributed by atoms with Crippen molar-refractivity contribution < 1.29 is 0 Å². The number of imidazole rings is 1. The third-order valence-corrected chi connectivity index (χ3v) is 5.28. The molecule has 1 unspecified atom stereocenters. The number of nitrogens with two attached hydrogens (primary N) is 1. The zero-order valence-electron chi connectivity index (χ0n) is 12.8. The number of hydrogen-bond acceptors (Lipinski definition) is 4. The van der Waals surface area contributed by atoms with Crippen molar-refractivity contribution in [3.05, 3.63) is 16.7 Å². The molecule has 118 valence electrons. The van der Waals surface area contributed by atoms with E-state index >= 15 is 0 Å². The normalized spacial score (nSPS) is 23.8. The molecular weight excluding hydrogens is 286 g/mol. The Labute approximate surface area is 131 Å². The fraction of sp³-hybridized carbons (Fsp3) is 0.800. The second-order valence-electron chi connectivity index (χ2n) is 6.29. The van der Waals surface area contributed by atoms with E-state index in [0.29, 0.717) is 11.7 Å². The molecule has 6 heteroatoms. The highest BCUT2D eigenvalue weighted by Crippen LogP contribution is 2.28. The summed E-state index contributed by atoms with van der Waals surface area (Å²) < 4.78 is 0. The Balaban J connectivity index is 1.63.